The molecule has 1 radical (unpaired) electrons. The minimum absolute atomic E-state index is 0. The number of hydrogen-bond acceptors (Lipinski definition) is 0. The van der Waals surface area contributed by atoms with Crippen molar-refractivity contribution in [3.8, 4) is 0 Å². The van der Waals surface area contributed by atoms with Gasteiger partial charge in [-0.05, 0) is 0 Å². The Balaban J connectivity index is 0.00000147. The van der Waals surface area contributed by atoms with Crippen molar-refractivity contribution in [2.75, 3.05) is 0 Å². The van der Waals surface area contributed by atoms with Crippen molar-refractivity contribution in [1.29, 1.82) is 0 Å². The molecule has 20 heavy (non-hydrogen) atoms. The summed E-state index contributed by atoms with van der Waals surface area (Å²) in [6.07, 6.45) is 0. The Bertz CT molecular complexity index is 524. The van der Waals surface area contributed by atoms with Gasteiger partial charge in [-0.3, -0.25) is 0 Å². The second kappa shape index (κ2) is 7.07. The van der Waals surface area contributed by atoms with E-state index in [-0.39, 0.29) is 19.5 Å². The van der Waals surface area contributed by atoms with Gasteiger partial charge in [-0.2, -0.15) is 0 Å². The SMILES string of the molecule is [Rh].c1ccc([C-](c2ccccc2)c2ccccc2)cc1. The van der Waals surface area contributed by atoms with E-state index in [0.717, 1.165) is 0 Å². The first-order chi connectivity index (χ1) is 9.45. The Morgan fingerprint density at radius 2 is 0.650 bits per heavy atom. The van der Waals surface area contributed by atoms with Crippen molar-refractivity contribution < 1.29 is 19.5 Å². The maximum atomic E-state index is 2.16. The zero-order valence-electron chi connectivity index (χ0n) is 11.0. The van der Waals surface area contributed by atoms with Gasteiger partial charge in [0.25, 0.3) is 0 Å². The van der Waals surface area contributed by atoms with Gasteiger partial charge < -0.3 is 0 Å². The van der Waals surface area contributed by atoms with Crippen LogP contribution in [0.5, 0.6) is 0 Å². The number of hydrogen-bond donors (Lipinski definition) is 0. The topological polar surface area (TPSA) is 0 Å². The molecule has 1 heteroatoms. The maximum Gasteiger partial charge on any atom is 0 e. The molecule has 0 spiro atoms. The van der Waals surface area contributed by atoms with Crippen molar-refractivity contribution >= 4 is 0 Å². The zero-order chi connectivity index (χ0) is 12.9. The number of rotatable bonds is 3. The molecule has 0 saturated heterocycles. The summed E-state index contributed by atoms with van der Waals surface area (Å²) in [6, 6.07) is 31.6. The van der Waals surface area contributed by atoms with Crippen LogP contribution in [0.15, 0.2) is 91.0 Å². The largest absolute Gasteiger partial charge is 0.0999 e. The maximum absolute atomic E-state index is 2.16. The fourth-order valence-electron chi connectivity index (χ4n) is 2.31. The Labute approximate surface area is 133 Å². The molecular formula is C19H15Rh-. The third kappa shape index (κ3) is 3.18. The Morgan fingerprint density at radius 3 is 0.900 bits per heavy atom. The number of benzene rings is 3. The van der Waals surface area contributed by atoms with E-state index in [1.807, 2.05) is 0 Å². The van der Waals surface area contributed by atoms with Crippen LogP contribution in [0.1, 0.15) is 16.7 Å². The summed E-state index contributed by atoms with van der Waals surface area (Å²) < 4.78 is 0. The Kier molecular flexibility index (Phi) is 5.15. The van der Waals surface area contributed by atoms with Crippen LogP contribution < -0.4 is 0 Å². The van der Waals surface area contributed by atoms with Crippen LogP contribution in [0.2, 0.25) is 0 Å². The van der Waals surface area contributed by atoms with Gasteiger partial charge in [0.1, 0.15) is 0 Å². The van der Waals surface area contributed by atoms with Gasteiger partial charge in [0.15, 0.2) is 0 Å². The summed E-state index contributed by atoms with van der Waals surface area (Å²) in [6.45, 7) is 0. The Morgan fingerprint density at radius 1 is 0.400 bits per heavy atom. The minimum atomic E-state index is 0. The predicted molar refractivity (Wildman–Crippen MR) is 79.9 cm³/mol. The quantitative estimate of drug-likeness (QED) is 0.366. The molecule has 0 nitrogen and oxygen atoms in total. The molecule has 3 aromatic rings. The molecule has 0 atom stereocenters. The van der Waals surface area contributed by atoms with Crippen molar-refractivity contribution in [3.63, 3.8) is 0 Å². The molecule has 0 amide bonds. The van der Waals surface area contributed by atoms with Crippen LogP contribution in [-0.4, -0.2) is 0 Å². The molecule has 0 aliphatic rings. The van der Waals surface area contributed by atoms with Gasteiger partial charge in [0, 0.05) is 19.5 Å². The second-order valence-electron chi connectivity index (χ2n) is 4.47. The zero-order valence-corrected chi connectivity index (χ0v) is 12.6. The van der Waals surface area contributed by atoms with Gasteiger partial charge in [-0.1, -0.05) is 114 Å². The van der Waals surface area contributed by atoms with E-state index in [1.165, 1.54) is 22.6 Å². The van der Waals surface area contributed by atoms with Crippen LogP contribution in [0.3, 0.4) is 0 Å². The molecule has 3 rings (SSSR count). The van der Waals surface area contributed by atoms with Gasteiger partial charge in [0.05, 0.1) is 0 Å². The summed E-state index contributed by atoms with van der Waals surface area (Å²) >= 11 is 0. The molecule has 0 heterocycles. The molecular weight excluding hydrogens is 331 g/mol. The molecule has 0 unspecified atom stereocenters. The molecule has 0 aromatic heterocycles. The van der Waals surface area contributed by atoms with E-state index in [0.29, 0.717) is 0 Å². The summed E-state index contributed by atoms with van der Waals surface area (Å²) in [5.41, 5.74) is 3.75. The fourth-order valence-corrected chi connectivity index (χ4v) is 2.31. The summed E-state index contributed by atoms with van der Waals surface area (Å²) in [7, 11) is 0. The van der Waals surface area contributed by atoms with E-state index >= 15 is 0 Å². The molecule has 0 aliphatic heterocycles. The van der Waals surface area contributed by atoms with Crippen LogP contribution >= 0.6 is 0 Å². The molecule has 0 saturated carbocycles. The van der Waals surface area contributed by atoms with Gasteiger partial charge >= 0.3 is 0 Å². The molecule has 101 valence electrons. The van der Waals surface area contributed by atoms with Gasteiger partial charge in [-0.15, -0.1) is 0 Å². The van der Waals surface area contributed by atoms with Crippen molar-refractivity contribution in [2.24, 2.45) is 0 Å². The second-order valence-corrected chi connectivity index (χ2v) is 4.47. The molecule has 0 N–H and O–H groups in total. The fraction of sp³-hybridized carbons (Fsp3) is 0. The normalized spacial score (nSPS) is 9.60. The summed E-state index contributed by atoms with van der Waals surface area (Å²) in [4.78, 5) is 0. The van der Waals surface area contributed by atoms with Crippen molar-refractivity contribution in [3.05, 3.63) is 114 Å². The minimum Gasteiger partial charge on any atom is -0.0999 e. The smallest absolute Gasteiger partial charge is 0 e. The first-order valence-corrected chi connectivity index (χ1v) is 6.48. The molecule has 0 bridgehead atoms. The Hall–Kier alpha value is -1.85. The standard InChI is InChI=1S/C19H15.Rh/c1-4-10-16(11-5-1)19(17-12-6-2-7-13-17)18-14-8-3-9-15-18;/h1-15H;/q-1;. The van der Waals surface area contributed by atoms with E-state index in [9.17, 15) is 0 Å². The van der Waals surface area contributed by atoms with Crippen LogP contribution in [0.25, 0.3) is 0 Å². The summed E-state index contributed by atoms with van der Waals surface area (Å²) in [5, 5.41) is 0. The van der Waals surface area contributed by atoms with Crippen molar-refractivity contribution in [2.45, 2.75) is 0 Å². The third-order valence-corrected chi connectivity index (χ3v) is 3.19. The van der Waals surface area contributed by atoms with Crippen LogP contribution in [0, 0.1) is 5.92 Å². The van der Waals surface area contributed by atoms with Crippen molar-refractivity contribution in [1.82, 2.24) is 0 Å². The van der Waals surface area contributed by atoms with Gasteiger partial charge in [-0.25, -0.2) is 0 Å². The predicted octanol–water partition coefficient (Wildman–Crippen LogP) is 4.70. The van der Waals surface area contributed by atoms with Gasteiger partial charge in [0.2, 0.25) is 0 Å². The first-order valence-electron chi connectivity index (χ1n) is 6.48. The third-order valence-electron chi connectivity index (χ3n) is 3.19. The van der Waals surface area contributed by atoms with E-state index < -0.39 is 0 Å². The van der Waals surface area contributed by atoms with E-state index in [2.05, 4.69) is 91.0 Å². The van der Waals surface area contributed by atoms with Crippen LogP contribution in [0.4, 0.5) is 0 Å². The average molecular weight is 346 g/mol. The molecule has 0 aliphatic carbocycles. The summed E-state index contributed by atoms with van der Waals surface area (Å²) in [5.74, 6) is 1.28. The average Bonchev–Trinajstić information content (AvgIpc) is 2.51. The van der Waals surface area contributed by atoms with E-state index in [4.69, 9.17) is 0 Å². The monoisotopic (exact) mass is 346 g/mol. The molecule has 0 fully saturated rings. The first kappa shape index (κ1) is 14.6. The van der Waals surface area contributed by atoms with E-state index in [1.54, 1.807) is 0 Å². The molecule has 3 aromatic carbocycles. The van der Waals surface area contributed by atoms with Crippen LogP contribution in [-0.2, 0) is 19.5 Å².